The van der Waals surface area contributed by atoms with E-state index in [1.165, 1.54) is 0 Å². The highest BCUT2D eigenvalue weighted by molar-refractivity contribution is 9.10. The molecule has 1 aliphatic heterocycles. The van der Waals surface area contributed by atoms with Crippen LogP contribution in [-0.4, -0.2) is 36.3 Å². The number of carbonyl (C=O) groups is 2. The summed E-state index contributed by atoms with van der Waals surface area (Å²) in [6.07, 6.45) is 2.32. The molecule has 7 heteroatoms. The zero-order valence-corrected chi connectivity index (χ0v) is 17.2. The summed E-state index contributed by atoms with van der Waals surface area (Å²) in [6.45, 7) is 5.64. The molecule has 25 heavy (non-hydrogen) atoms. The number of benzene rings is 1. The van der Waals surface area contributed by atoms with Crippen LogP contribution in [0.4, 0.5) is 0 Å². The van der Waals surface area contributed by atoms with Gasteiger partial charge < -0.3 is 16.0 Å². The summed E-state index contributed by atoms with van der Waals surface area (Å²) in [5.74, 6) is 0.0157. The molecule has 140 valence electrons. The average molecular weight is 433 g/mol. The first-order valence-corrected chi connectivity index (χ1v) is 9.27. The number of piperidine rings is 1. The molecule has 0 radical (unpaired) electrons. The normalized spacial score (nSPS) is 17.4. The Hall–Kier alpha value is -1.11. The van der Waals surface area contributed by atoms with Crippen molar-refractivity contribution in [3.8, 4) is 0 Å². The molecule has 1 fully saturated rings. The van der Waals surface area contributed by atoms with E-state index in [1.807, 2.05) is 31.2 Å². The Balaban J connectivity index is 0.00000312. The van der Waals surface area contributed by atoms with Gasteiger partial charge >= 0.3 is 0 Å². The summed E-state index contributed by atoms with van der Waals surface area (Å²) < 4.78 is 0.952. The molecule has 0 aliphatic carbocycles. The van der Waals surface area contributed by atoms with Gasteiger partial charge in [0.1, 0.15) is 5.54 Å². The third-order valence-electron chi connectivity index (χ3n) is 4.59. The SMILES string of the molecule is CCCNC(=O)C1CCN(C(=O)C(C)(N)c2ccc(Br)cc2)CC1.Cl. The minimum atomic E-state index is -1.06. The number of likely N-dealkylation sites (tertiary alicyclic amines) is 1. The minimum Gasteiger partial charge on any atom is -0.356 e. The van der Waals surface area contributed by atoms with Crippen LogP contribution < -0.4 is 11.1 Å². The number of hydrogen-bond donors (Lipinski definition) is 2. The maximum absolute atomic E-state index is 12.8. The van der Waals surface area contributed by atoms with Crippen molar-refractivity contribution in [2.75, 3.05) is 19.6 Å². The summed E-state index contributed by atoms with van der Waals surface area (Å²) in [5.41, 5.74) is 6.07. The lowest BCUT2D eigenvalue weighted by molar-refractivity contribution is -0.140. The van der Waals surface area contributed by atoms with Crippen LogP contribution in [0.15, 0.2) is 28.7 Å². The second kappa shape index (κ2) is 9.55. The Morgan fingerprint density at radius 2 is 1.84 bits per heavy atom. The van der Waals surface area contributed by atoms with Crippen molar-refractivity contribution in [1.82, 2.24) is 10.2 Å². The zero-order chi connectivity index (χ0) is 17.7. The van der Waals surface area contributed by atoms with Crippen LogP contribution >= 0.6 is 28.3 Å². The van der Waals surface area contributed by atoms with Gasteiger partial charge in [0.2, 0.25) is 11.8 Å². The van der Waals surface area contributed by atoms with E-state index in [1.54, 1.807) is 11.8 Å². The van der Waals surface area contributed by atoms with Crippen LogP contribution in [0.25, 0.3) is 0 Å². The Morgan fingerprint density at radius 1 is 1.28 bits per heavy atom. The Labute approximate surface area is 164 Å². The van der Waals surface area contributed by atoms with Crippen molar-refractivity contribution in [2.45, 2.75) is 38.6 Å². The molecule has 1 aliphatic rings. The lowest BCUT2D eigenvalue weighted by atomic mass is 9.89. The van der Waals surface area contributed by atoms with Crippen molar-refractivity contribution in [2.24, 2.45) is 11.7 Å². The smallest absolute Gasteiger partial charge is 0.246 e. The Bertz CT molecular complexity index is 584. The predicted octanol–water partition coefficient (Wildman–Crippen LogP) is 2.81. The van der Waals surface area contributed by atoms with Crippen LogP contribution in [-0.2, 0) is 15.1 Å². The minimum absolute atomic E-state index is 0. The molecule has 1 aromatic rings. The molecule has 1 atom stereocenters. The van der Waals surface area contributed by atoms with Crippen LogP contribution in [0, 0.1) is 5.92 Å². The van der Waals surface area contributed by atoms with Gasteiger partial charge in [-0.2, -0.15) is 0 Å². The molecular weight excluding hydrogens is 406 g/mol. The van der Waals surface area contributed by atoms with E-state index in [4.69, 9.17) is 5.73 Å². The van der Waals surface area contributed by atoms with Crippen molar-refractivity contribution >= 4 is 40.2 Å². The fourth-order valence-corrected chi connectivity index (χ4v) is 3.25. The second-order valence-electron chi connectivity index (χ2n) is 6.57. The lowest BCUT2D eigenvalue weighted by Crippen LogP contribution is -2.53. The first-order chi connectivity index (χ1) is 11.4. The van der Waals surface area contributed by atoms with Gasteiger partial charge in [-0.3, -0.25) is 9.59 Å². The van der Waals surface area contributed by atoms with Crippen LogP contribution in [0.1, 0.15) is 38.7 Å². The highest BCUT2D eigenvalue weighted by atomic mass is 79.9. The summed E-state index contributed by atoms with van der Waals surface area (Å²) >= 11 is 3.39. The molecule has 1 heterocycles. The van der Waals surface area contributed by atoms with Gasteiger partial charge in [0.25, 0.3) is 0 Å². The molecular formula is C18H27BrClN3O2. The van der Waals surface area contributed by atoms with Crippen LogP contribution in [0.5, 0.6) is 0 Å². The number of amides is 2. The number of halogens is 2. The third kappa shape index (κ3) is 5.43. The molecule has 2 amide bonds. The largest absolute Gasteiger partial charge is 0.356 e. The number of nitrogens with two attached hydrogens (primary N) is 1. The van der Waals surface area contributed by atoms with Crippen molar-refractivity contribution in [1.29, 1.82) is 0 Å². The predicted molar refractivity (Wildman–Crippen MR) is 106 cm³/mol. The summed E-state index contributed by atoms with van der Waals surface area (Å²) in [4.78, 5) is 26.7. The van der Waals surface area contributed by atoms with E-state index in [9.17, 15) is 9.59 Å². The first-order valence-electron chi connectivity index (χ1n) is 8.48. The first kappa shape index (κ1) is 21.9. The molecule has 0 spiro atoms. The molecule has 0 bridgehead atoms. The number of rotatable bonds is 5. The van der Waals surface area contributed by atoms with Gasteiger partial charge in [0.05, 0.1) is 0 Å². The Kier molecular flexibility index (Phi) is 8.38. The fourth-order valence-electron chi connectivity index (χ4n) is 2.99. The topological polar surface area (TPSA) is 75.4 Å². The maximum Gasteiger partial charge on any atom is 0.246 e. The lowest BCUT2D eigenvalue weighted by Gasteiger charge is -2.36. The van der Waals surface area contributed by atoms with Gasteiger partial charge in [0.15, 0.2) is 0 Å². The molecule has 3 N–H and O–H groups in total. The molecule has 0 saturated carbocycles. The second-order valence-corrected chi connectivity index (χ2v) is 7.48. The number of nitrogens with one attached hydrogen (secondary N) is 1. The number of carbonyl (C=O) groups excluding carboxylic acids is 2. The average Bonchev–Trinajstić information content (AvgIpc) is 2.59. The zero-order valence-electron chi connectivity index (χ0n) is 14.8. The molecule has 1 aromatic carbocycles. The van der Waals surface area contributed by atoms with Gasteiger partial charge in [0, 0.05) is 30.0 Å². The summed E-state index contributed by atoms with van der Waals surface area (Å²) in [5, 5.41) is 2.94. The van der Waals surface area contributed by atoms with Crippen molar-refractivity contribution in [3.63, 3.8) is 0 Å². The molecule has 2 rings (SSSR count). The fraction of sp³-hybridized carbons (Fsp3) is 0.556. The third-order valence-corrected chi connectivity index (χ3v) is 5.12. The van der Waals surface area contributed by atoms with E-state index in [0.29, 0.717) is 32.5 Å². The van der Waals surface area contributed by atoms with E-state index >= 15 is 0 Å². The summed E-state index contributed by atoms with van der Waals surface area (Å²) in [6, 6.07) is 7.51. The van der Waals surface area contributed by atoms with Gasteiger partial charge in [-0.15, -0.1) is 12.4 Å². The quantitative estimate of drug-likeness (QED) is 0.751. The van der Waals surface area contributed by atoms with Gasteiger partial charge in [-0.1, -0.05) is 35.0 Å². The standard InChI is InChI=1S/C18H26BrN3O2.ClH/c1-3-10-21-16(23)13-8-11-22(12-9-13)17(24)18(2,20)14-4-6-15(19)7-5-14;/h4-7,13H,3,8-12,20H2,1-2H3,(H,21,23);1H. The highest BCUT2D eigenvalue weighted by Crippen LogP contribution is 2.26. The monoisotopic (exact) mass is 431 g/mol. The Morgan fingerprint density at radius 3 is 2.36 bits per heavy atom. The van der Waals surface area contributed by atoms with Crippen molar-refractivity contribution in [3.05, 3.63) is 34.3 Å². The van der Waals surface area contributed by atoms with Crippen molar-refractivity contribution < 1.29 is 9.59 Å². The van der Waals surface area contributed by atoms with Crippen LogP contribution in [0.3, 0.4) is 0 Å². The highest BCUT2D eigenvalue weighted by Gasteiger charge is 2.37. The van der Waals surface area contributed by atoms with E-state index in [-0.39, 0.29) is 30.1 Å². The molecule has 1 unspecified atom stereocenters. The van der Waals surface area contributed by atoms with Gasteiger partial charge in [-0.05, 0) is 43.9 Å². The molecule has 5 nitrogen and oxygen atoms in total. The van der Waals surface area contributed by atoms with E-state index in [2.05, 4.69) is 21.2 Å². The molecule has 0 aromatic heterocycles. The van der Waals surface area contributed by atoms with Gasteiger partial charge in [-0.25, -0.2) is 0 Å². The molecule has 1 saturated heterocycles. The van der Waals surface area contributed by atoms with E-state index < -0.39 is 5.54 Å². The number of nitrogens with zero attached hydrogens (tertiary/aromatic N) is 1. The maximum atomic E-state index is 12.8. The van der Waals surface area contributed by atoms with Crippen LogP contribution in [0.2, 0.25) is 0 Å². The summed E-state index contributed by atoms with van der Waals surface area (Å²) in [7, 11) is 0. The van der Waals surface area contributed by atoms with E-state index in [0.717, 1.165) is 16.5 Å². The number of hydrogen-bond acceptors (Lipinski definition) is 3.